The lowest BCUT2D eigenvalue weighted by Crippen LogP contribution is -2.47. The van der Waals surface area contributed by atoms with Gasteiger partial charge in [0.1, 0.15) is 0 Å². The molecule has 2 aliphatic rings. The topological polar surface area (TPSA) is 24.5 Å². The third-order valence-electron chi connectivity index (χ3n) is 4.43. The quantitative estimate of drug-likeness (QED) is 0.718. The normalized spacial score (nSPS) is 23.5. The first-order valence-corrected chi connectivity index (χ1v) is 7.70. The lowest BCUT2D eigenvalue weighted by Gasteiger charge is -2.41. The van der Waals surface area contributed by atoms with Crippen LogP contribution in [0.25, 0.3) is 0 Å². The lowest BCUT2D eigenvalue weighted by molar-refractivity contribution is 0.0211. The van der Waals surface area contributed by atoms with Crippen molar-refractivity contribution in [1.29, 1.82) is 0 Å². The Morgan fingerprint density at radius 3 is 2.56 bits per heavy atom. The van der Waals surface area contributed by atoms with Crippen molar-refractivity contribution in [2.75, 3.05) is 46.4 Å². The molecule has 0 aromatic rings. The molecule has 0 unspecified atom stereocenters. The standard InChI is InChI=1S/C15H30N2O/c1-3-10-17(11-14-4-5-14)12-15(13-18-2)6-8-16-9-7-15/h14,16H,3-13H2,1-2H3. The molecule has 18 heavy (non-hydrogen) atoms. The summed E-state index contributed by atoms with van der Waals surface area (Å²) in [5.74, 6) is 0.998. The number of piperidine rings is 1. The molecule has 1 N–H and O–H groups in total. The summed E-state index contributed by atoms with van der Waals surface area (Å²) in [6.07, 6.45) is 6.73. The molecule has 1 aliphatic heterocycles. The van der Waals surface area contributed by atoms with Gasteiger partial charge in [0.05, 0.1) is 6.61 Å². The van der Waals surface area contributed by atoms with Gasteiger partial charge in [-0.15, -0.1) is 0 Å². The molecule has 2 fully saturated rings. The highest BCUT2D eigenvalue weighted by Gasteiger charge is 2.35. The van der Waals surface area contributed by atoms with Crippen molar-refractivity contribution < 1.29 is 4.74 Å². The fraction of sp³-hybridized carbons (Fsp3) is 1.00. The first-order chi connectivity index (χ1) is 8.78. The van der Waals surface area contributed by atoms with E-state index in [0.717, 1.165) is 25.6 Å². The van der Waals surface area contributed by atoms with Crippen LogP contribution in [0.4, 0.5) is 0 Å². The summed E-state index contributed by atoms with van der Waals surface area (Å²) in [6, 6.07) is 0. The second-order valence-electron chi connectivity index (χ2n) is 6.36. The molecule has 1 saturated carbocycles. The fourth-order valence-electron chi connectivity index (χ4n) is 3.30. The Morgan fingerprint density at radius 2 is 2.00 bits per heavy atom. The van der Waals surface area contributed by atoms with Crippen LogP contribution in [0.3, 0.4) is 0 Å². The van der Waals surface area contributed by atoms with E-state index >= 15 is 0 Å². The van der Waals surface area contributed by atoms with Crippen molar-refractivity contribution in [3.8, 4) is 0 Å². The highest BCUT2D eigenvalue weighted by Crippen LogP contribution is 2.34. The van der Waals surface area contributed by atoms with Gasteiger partial charge < -0.3 is 15.0 Å². The number of nitrogens with zero attached hydrogens (tertiary/aromatic N) is 1. The summed E-state index contributed by atoms with van der Waals surface area (Å²) in [5.41, 5.74) is 0.407. The summed E-state index contributed by atoms with van der Waals surface area (Å²) in [5, 5.41) is 3.48. The Kier molecular flexibility index (Phi) is 5.46. The Morgan fingerprint density at radius 1 is 1.28 bits per heavy atom. The number of methoxy groups -OCH3 is 1. The van der Waals surface area contributed by atoms with E-state index in [1.54, 1.807) is 0 Å². The molecule has 2 rings (SSSR count). The third kappa shape index (κ3) is 4.22. The summed E-state index contributed by atoms with van der Waals surface area (Å²) in [4.78, 5) is 2.71. The monoisotopic (exact) mass is 254 g/mol. The van der Waals surface area contributed by atoms with Crippen LogP contribution >= 0.6 is 0 Å². The predicted molar refractivity (Wildman–Crippen MR) is 75.9 cm³/mol. The Labute approximate surface area is 112 Å². The van der Waals surface area contributed by atoms with Gasteiger partial charge in [0.15, 0.2) is 0 Å². The van der Waals surface area contributed by atoms with E-state index in [0.29, 0.717) is 5.41 Å². The van der Waals surface area contributed by atoms with Gasteiger partial charge in [-0.2, -0.15) is 0 Å². The number of nitrogens with one attached hydrogen (secondary N) is 1. The largest absolute Gasteiger partial charge is 0.384 e. The number of rotatable bonds is 8. The Hall–Kier alpha value is -0.120. The van der Waals surface area contributed by atoms with Gasteiger partial charge in [0, 0.05) is 25.6 Å². The molecule has 0 radical (unpaired) electrons. The van der Waals surface area contributed by atoms with E-state index < -0.39 is 0 Å². The molecular weight excluding hydrogens is 224 g/mol. The van der Waals surface area contributed by atoms with Gasteiger partial charge in [0.2, 0.25) is 0 Å². The van der Waals surface area contributed by atoms with Gasteiger partial charge in [-0.3, -0.25) is 0 Å². The molecule has 0 bridgehead atoms. The molecule has 0 aromatic heterocycles. The zero-order valence-corrected chi connectivity index (χ0v) is 12.2. The summed E-state index contributed by atoms with van der Waals surface area (Å²) < 4.78 is 5.53. The molecule has 3 heteroatoms. The zero-order valence-electron chi connectivity index (χ0n) is 12.2. The Balaban J connectivity index is 1.90. The smallest absolute Gasteiger partial charge is 0.0531 e. The number of hydrogen-bond acceptors (Lipinski definition) is 3. The second kappa shape index (κ2) is 6.88. The van der Waals surface area contributed by atoms with Gasteiger partial charge in [0.25, 0.3) is 0 Å². The molecule has 0 amide bonds. The minimum atomic E-state index is 0.407. The van der Waals surface area contributed by atoms with Gasteiger partial charge in [-0.05, 0) is 57.7 Å². The number of ether oxygens (including phenoxy) is 1. The minimum Gasteiger partial charge on any atom is -0.384 e. The average molecular weight is 254 g/mol. The van der Waals surface area contributed by atoms with E-state index in [4.69, 9.17) is 4.74 Å². The van der Waals surface area contributed by atoms with Crippen molar-refractivity contribution in [1.82, 2.24) is 10.2 Å². The van der Waals surface area contributed by atoms with Crippen LogP contribution in [0.2, 0.25) is 0 Å². The van der Waals surface area contributed by atoms with Crippen molar-refractivity contribution in [2.45, 2.75) is 39.0 Å². The van der Waals surface area contributed by atoms with Crippen LogP contribution in [0.5, 0.6) is 0 Å². The van der Waals surface area contributed by atoms with Gasteiger partial charge >= 0.3 is 0 Å². The molecule has 3 nitrogen and oxygen atoms in total. The molecule has 0 atom stereocenters. The van der Waals surface area contributed by atoms with Crippen LogP contribution in [0.15, 0.2) is 0 Å². The molecule has 1 aliphatic carbocycles. The maximum Gasteiger partial charge on any atom is 0.0531 e. The predicted octanol–water partition coefficient (Wildman–Crippen LogP) is 2.12. The molecule has 106 valence electrons. The molecule has 0 aromatic carbocycles. The molecule has 1 heterocycles. The van der Waals surface area contributed by atoms with Crippen molar-refractivity contribution in [2.24, 2.45) is 11.3 Å². The van der Waals surface area contributed by atoms with Crippen LogP contribution in [-0.2, 0) is 4.74 Å². The van der Waals surface area contributed by atoms with Crippen molar-refractivity contribution in [3.05, 3.63) is 0 Å². The highest BCUT2D eigenvalue weighted by atomic mass is 16.5. The van der Waals surface area contributed by atoms with Crippen molar-refractivity contribution >= 4 is 0 Å². The van der Waals surface area contributed by atoms with E-state index in [1.165, 1.54) is 51.7 Å². The van der Waals surface area contributed by atoms with Crippen LogP contribution < -0.4 is 5.32 Å². The lowest BCUT2D eigenvalue weighted by atomic mass is 9.79. The first-order valence-electron chi connectivity index (χ1n) is 7.70. The molecule has 0 spiro atoms. The second-order valence-corrected chi connectivity index (χ2v) is 6.36. The maximum atomic E-state index is 5.53. The highest BCUT2D eigenvalue weighted by molar-refractivity contribution is 4.89. The SMILES string of the molecule is CCCN(CC1CC1)CC1(COC)CCNCC1. The number of hydrogen-bond donors (Lipinski definition) is 1. The molecule has 1 saturated heterocycles. The van der Waals surface area contributed by atoms with Gasteiger partial charge in [-0.1, -0.05) is 6.92 Å². The van der Waals surface area contributed by atoms with Crippen molar-refractivity contribution in [3.63, 3.8) is 0 Å². The van der Waals surface area contributed by atoms with E-state index in [-0.39, 0.29) is 0 Å². The molecular formula is C15H30N2O. The minimum absolute atomic E-state index is 0.407. The summed E-state index contributed by atoms with van der Waals surface area (Å²) in [7, 11) is 1.86. The van der Waals surface area contributed by atoms with E-state index in [2.05, 4.69) is 17.1 Å². The third-order valence-corrected chi connectivity index (χ3v) is 4.43. The Bertz CT molecular complexity index is 229. The summed E-state index contributed by atoms with van der Waals surface area (Å²) >= 11 is 0. The van der Waals surface area contributed by atoms with Crippen LogP contribution in [0.1, 0.15) is 39.0 Å². The van der Waals surface area contributed by atoms with E-state index in [9.17, 15) is 0 Å². The zero-order chi connectivity index (χ0) is 12.8. The van der Waals surface area contributed by atoms with Gasteiger partial charge in [-0.25, -0.2) is 0 Å². The maximum absolute atomic E-state index is 5.53. The first kappa shape index (κ1) is 14.3. The van der Waals surface area contributed by atoms with Crippen LogP contribution in [-0.4, -0.2) is 51.3 Å². The van der Waals surface area contributed by atoms with E-state index in [1.807, 2.05) is 7.11 Å². The fourth-order valence-corrected chi connectivity index (χ4v) is 3.30. The van der Waals surface area contributed by atoms with Crippen LogP contribution in [0, 0.1) is 11.3 Å². The summed E-state index contributed by atoms with van der Waals surface area (Å²) in [6.45, 7) is 9.37. The average Bonchev–Trinajstić information content (AvgIpc) is 3.14.